The van der Waals surface area contributed by atoms with Crippen molar-refractivity contribution in [1.29, 1.82) is 5.26 Å². The van der Waals surface area contributed by atoms with Gasteiger partial charge in [0.05, 0.1) is 23.0 Å². The van der Waals surface area contributed by atoms with E-state index in [1.54, 1.807) is 0 Å². The summed E-state index contributed by atoms with van der Waals surface area (Å²) in [5, 5.41) is 24.5. The lowest BCUT2D eigenvalue weighted by Gasteiger charge is -2.41. The van der Waals surface area contributed by atoms with Gasteiger partial charge in [-0.2, -0.15) is 23.5 Å². The molecule has 0 bridgehead atoms. The Morgan fingerprint density at radius 3 is 2.20 bits per heavy atom. The molecule has 0 atom stereocenters. The van der Waals surface area contributed by atoms with Crippen molar-refractivity contribution in [3.05, 3.63) is 113 Å². The number of alkyl halides is 3. The molecule has 4 aromatic rings. The van der Waals surface area contributed by atoms with E-state index in [9.17, 15) is 18.4 Å². The van der Waals surface area contributed by atoms with Gasteiger partial charge >= 0.3 is 12.1 Å². The zero-order valence-electron chi connectivity index (χ0n) is 21.7. The van der Waals surface area contributed by atoms with Gasteiger partial charge in [-0.25, -0.2) is 4.79 Å². The number of hydrogen-bond acceptors (Lipinski definition) is 4. The van der Waals surface area contributed by atoms with Crippen molar-refractivity contribution < 1.29 is 23.1 Å². The van der Waals surface area contributed by atoms with Crippen LogP contribution in [0, 0.1) is 11.3 Å². The lowest BCUT2D eigenvalue weighted by molar-refractivity contribution is -0.192. The minimum absolute atomic E-state index is 0.105. The van der Waals surface area contributed by atoms with Crippen LogP contribution in [0.15, 0.2) is 91.0 Å². The third kappa shape index (κ3) is 6.96. The molecule has 1 saturated heterocycles. The molecule has 40 heavy (non-hydrogen) atoms. The van der Waals surface area contributed by atoms with E-state index < -0.39 is 12.1 Å². The number of carbonyl (C=O) groups is 1. The first kappa shape index (κ1) is 28.6. The number of carboxylic acids is 1. The second-order valence-corrected chi connectivity index (χ2v) is 9.69. The number of nitrogens with zero attached hydrogens (tertiary/aromatic N) is 3. The molecular weight excluding hydrogens is 517 g/mol. The van der Waals surface area contributed by atoms with Crippen molar-refractivity contribution in [1.82, 2.24) is 15.1 Å². The predicted molar refractivity (Wildman–Crippen MR) is 145 cm³/mol. The molecule has 0 saturated carbocycles. The Kier molecular flexibility index (Phi) is 9.02. The van der Waals surface area contributed by atoms with E-state index >= 15 is 0 Å². The number of aliphatic carboxylic acids is 1. The SMILES string of the molecule is N#Cc1cccc(-c2cc(C3(c4ccccc4)CCN(CCc4ccccc4)CC3)n[nH]2)c1.O=C(O)C(F)(F)F. The first-order chi connectivity index (χ1) is 19.2. The fourth-order valence-electron chi connectivity index (χ4n) is 5.01. The molecular formula is C31H29F3N4O2. The number of carboxylic acid groups (broad SMARTS) is 1. The average Bonchev–Trinajstić information content (AvgIpc) is 3.48. The molecule has 1 aliphatic heterocycles. The molecule has 0 spiro atoms. The van der Waals surface area contributed by atoms with Crippen molar-refractivity contribution >= 4 is 5.97 Å². The number of aromatic amines is 1. The van der Waals surface area contributed by atoms with Crippen LogP contribution >= 0.6 is 0 Å². The molecule has 0 aliphatic carbocycles. The van der Waals surface area contributed by atoms with Gasteiger partial charge in [0.2, 0.25) is 0 Å². The van der Waals surface area contributed by atoms with Crippen molar-refractivity contribution in [3.63, 3.8) is 0 Å². The van der Waals surface area contributed by atoms with E-state index in [1.165, 1.54) is 11.1 Å². The third-order valence-corrected chi connectivity index (χ3v) is 7.21. The highest BCUT2D eigenvalue weighted by Gasteiger charge is 2.40. The second-order valence-electron chi connectivity index (χ2n) is 9.69. The van der Waals surface area contributed by atoms with Crippen LogP contribution in [0.1, 0.15) is 35.2 Å². The topological polar surface area (TPSA) is 93.0 Å². The Bertz CT molecular complexity index is 1440. The largest absolute Gasteiger partial charge is 0.490 e. The van der Waals surface area contributed by atoms with E-state index in [0.717, 1.165) is 55.8 Å². The highest BCUT2D eigenvalue weighted by atomic mass is 19.4. The number of halogens is 3. The van der Waals surface area contributed by atoms with Crippen LogP contribution in [0.3, 0.4) is 0 Å². The number of rotatable bonds is 6. The van der Waals surface area contributed by atoms with Gasteiger partial charge in [-0.15, -0.1) is 0 Å². The van der Waals surface area contributed by atoms with Crippen LogP contribution in [-0.2, 0) is 16.6 Å². The van der Waals surface area contributed by atoms with Crippen LogP contribution < -0.4 is 0 Å². The number of nitriles is 1. The summed E-state index contributed by atoms with van der Waals surface area (Å²) in [5.74, 6) is -2.76. The summed E-state index contributed by atoms with van der Waals surface area (Å²) in [6.45, 7) is 3.18. The molecule has 2 heterocycles. The van der Waals surface area contributed by atoms with Gasteiger partial charge in [0.1, 0.15) is 0 Å². The summed E-state index contributed by atoms with van der Waals surface area (Å²) >= 11 is 0. The second kappa shape index (κ2) is 12.6. The van der Waals surface area contributed by atoms with Gasteiger partial charge in [-0.05, 0) is 61.7 Å². The summed E-state index contributed by atoms with van der Waals surface area (Å²) in [6, 6.07) is 33.7. The first-order valence-corrected chi connectivity index (χ1v) is 12.9. The fourth-order valence-corrected chi connectivity index (χ4v) is 5.01. The number of hydrogen-bond donors (Lipinski definition) is 2. The molecule has 0 unspecified atom stereocenters. The Balaban J connectivity index is 0.000000470. The van der Waals surface area contributed by atoms with E-state index in [1.807, 2.05) is 24.3 Å². The number of piperidine rings is 1. The Morgan fingerprint density at radius 1 is 0.975 bits per heavy atom. The molecule has 0 radical (unpaired) electrons. The zero-order chi connectivity index (χ0) is 28.6. The molecule has 3 aromatic carbocycles. The lowest BCUT2D eigenvalue weighted by atomic mass is 9.70. The summed E-state index contributed by atoms with van der Waals surface area (Å²) in [6.07, 6.45) is -1.93. The maximum absolute atomic E-state index is 10.6. The van der Waals surface area contributed by atoms with Gasteiger partial charge in [0.25, 0.3) is 0 Å². The van der Waals surface area contributed by atoms with Crippen LogP contribution in [0.2, 0.25) is 0 Å². The van der Waals surface area contributed by atoms with Crippen LogP contribution in [-0.4, -0.2) is 52.0 Å². The standard InChI is InChI=1S/C29H28N4.C2HF3O2/c30-22-24-10-7-11-25(20-24)27-21-28(32-31-27)29(26-12-5-2-6-13-26)15-18-33(19-16-29)17-14-23-8-3-1-4-9-23;3-2(4,5)1(6)7/h1-13,20-21H,14-19H2,(H,31,32);(H,6,7). The monoisotopic (exact) mass is 546 g/mol. The van der Waals surface area contributed by atoms with Crippen molar-refractivity contribution in [2.45, 2.75) is 30.9 Å². The van der Waals surface area contributed by atoms with E-state index in [-0.39, 0.29) is 5.41 Å². The van der Waals surface area contributed by atoms with Gasteiger partial charge in [0, 0.05) is 17.5 Å². The van der Waals surface area contributed by atoms with Gasteiger partial charge in [-0.1, -0.05) is 72.8 Å². The van der Waals surface area contributed by atoms with Gasteiger partial charge < -0.3 is 10.0 Å². The molecule has 9 heteroatoms. The summed E-state index contributed by atoms with van der Waals surface area (Å²) < 4.78 is 31.7. The number of benzene rings is 3. The molecule has 206 valence electrons. The maximum Gasteiger partial charge on any atom is 0.490 e. The quantitative estimate of drug-likeness (QED) is 0.300. The third-order valence-electron chi connectivity index (χ3n) is 7.21. The predicted octanol–water partition coefficient (Wildman–Crippen LogP) is 6.21. The highest BCUT2D eigenvalue weighted by molar-refractivity contribution is 5.73. The fraction of sp³-hybridized carbons (Fsp3) is 0.258. The number of nitrogens with one attached hydrogen (secondary N) is 1. The molecule has 1 aliphatic rings. The lowest BCUT2D eigenvalue weighted by Crippen LogP contribution is -2.44. The molecule has 1 fully saturated rings. The summed E-state index contributed by atoms with van der Waals surface area (Å²) in [4.78, 5) is 11.5. The van der Waals surface area contributed by atoms with E-state index in [4.69, 9.17) is 15.0 Å². The number of aromatic nitrogens is 2. The molecule has 0 amide bonds. The summed E-state index contributed by atoms with van der Waals surface area (Å²) in [7, 11) is 0. The van der Waals surface area contributed by atoms with Crippen molar-refractivity contribution in [2.75, 3.05) is 19.6 Å². The number of H-pyrrole nitrogens is 1. The highest BCUT2D eigenvalue weighted by Crippen LogP contribution is 2.42. The molecule has 1 aromatic heterocycles. The molecule has 2 N–H and O–H groups in total. The normalized spacial score (nSPS) is 14.9. The minimum Gasteiger partial charge on any atom is -0.475 e. The smallest absolute Gasteiger partial charge is 0.475 e. The zero-order valence-corrected chi connectivity index (χ0v) is 21.7. The minimum atomic E-state index is -5.08. The molecule has 5 rings (SSSR count). The van der Waals surface area contributed by atoms with Gasteiger partial charge in [0.15, 0.2) is 0 Å². The van der Waals surface area contributed by atoms with E-state index in [2.05, 4.69) is 82.8 Å². The van der Waals surface area contributed by atoms with E-state index in [0.29, 0.717) is 5.56 Å². The Labute approximate surface area is 230 Å². The average molecular weight is 547 g/mol. The Morgan fingerprint density at radius 2 is 1.60 bits per heavy atom. The number of likely N-dealkylation sites (tertiary alicyclic amines) is 1. The Hall–Kier alpha value is -4.42. The van der Waals surface area contributed by atoms with Gasteiger partial charge in [-0.3, -0.25) is 5.10 Å². The maximum atomic E-state index is 10.6. The van der Waals surface area contributed by atoms with Crippen LogP contribution in [0.25, 0.3) is 11.3 Å². The molecule has 6 nitrogen and oxygen atoms in total. The van der Waals surface area contributed by atoms with Crippen molar-refractivity contribution in [2.24, 2.45) is 0 Å². The van der Waals surface area contributed by atoms with Crippen molar-refractivity contribution in [3.8, 4) is 17.3 Å². The van der Waals surface area contributed by atoms with Crippen LogP contribution in [0.5, 0.6) is 0 Å². The van der Waals surface area contributed by atoms with Crippen LogP contribution in [0.4, 0.5) is 13.2 Å². The first-order valence-electron chi connectivity index (χ1n) is 12.9. The summed E-state index contributed by atoms with van der Waals surface area (Å²) in [5.41, 5.74) is 6.33.